The summed E-state index contributed by atoms with van der Waals surface area (Å²) < 4.78 is 0. The van der Waals surface area contributed by atoms with Crippen LogP contribution < -0.4 is 0 Å². The number of fused-ring (bicyclic) bond motifs is 1. The molecule has 0 amide bonds. The van der Waals surface area contributed by atoms with E-state index in [-0.39, 0.29) is 0 Å². The molecule has 2 rings (SSSR count). The molecule has 0 bridgehead atoms. The Kier molecular flexibility index (Phi) is 11.8. The molecule has 0 N–H and O–H groups in total. The van der Waals surface area contributed by atoms with Gasteiger partial charge in [-0.05, 0) is 21.6 Å². The van der Waals surface area contributed by atoms with Gasteiger partial charge in [0.2, 0.25) is 0 Å². The van der Waals surface area contributed by atoms with E-state index in [1.165, 1.54) is 10.8 Å². The third-order valence-electron chi connectivity index (χ3n) is 1.66. The van der Waals surface area contributed by atoms with Gasteiger partial charge in [0.1, 0.15) is 0 Å². The average molecular weight is 303 g/mol. The van der Waals surface area contributed by atoms with Gasteiger partial charge in [-0.15, -0.1) is 0 Å². The molecule has 0 aliphatic heterocycles. The minimum absolute atomic E-state index is 0.500. The lowest BCUT2D eigenvalue weighted by Gasteiger charge is -2.05. The summed E-state index contributed by atoms with van der Waals surface area (Å²) in [5.41, 5.74) is 1.00. The molecule has 0 aliphatic carbocycles. The summed E-state index contributed by atoms with van der Waals surface area (Å²) in [5.74, 6) is 0. The smallest absolute Gasteiger partial charge is 0.0184 e. The summed E-state index contributed by atoms with van der Waals surface area (Å²) in [4.78, 5) is 0. The van der Waals surface area contributed by atoms with Crippen molar-refractivity contribution in [2.45, 2.75) is 69.2 Å². The van der Waals surface area contributed by atoms with E-state index in [9.17, 15) is 0 Å². The second kappa shape index (κ2) is 11.3. The number of hydrogen-bond acceptors (Lipinski definition) is 0. The van der Waals surface area contributed by atoms with Crippen LogP contribution in [0.1, 0.15) is 69.2 Å². The largest absolute Gasteiger partial charge is 0.0683 e. The third-order valence-corrected chi connectivity index (χ3v) is 1.66. The normalized spacial score (nSPS) is 10.3. The summed E-state index contributed by atoms with van der Waals surface area (Å²) in [6.07, 6.45) is 0. The van der Waals surface area contributed by atoms with Gasteiger partial charge in [-0.1, -0.05) is 118 Å². The molecule has 0 nitrogen and oxygen atoms in total. The van der Waals surface area contributed by atoms with Crippen LogP contribution in [-0.4, -0.2) is 0 Å². The predicted molar refractivity (Wildman–Crippen MR) is 106 cm³/mol. The standard InChI is InChI=1S/C10H8.2C5H12.C2H6/c1-2-6-10-8-4-3-7-9(10)5-1;2*1-5(2,3)4;1-2/h1-8H;2*1-4H3;1-2H3. The molecule has 0 heterocycles. The van der Waals surface area contributed by atoms with Gasteiger partial charge in [0.15, 0.2) is 0 Å². The van der Waals surface area contributed by atoms with Crippen molar-refractivity contribution in [3.8, 4) is 0 Å². The summed E-state index contributed by atoms with van der Waals surface area (Å²) in [5, 5.41) is 2.62. The highest BCUT2D eigenvalue weighted by Gasteiger charge is 1.96. The summed E-state index contributed by atoms with van der Waals surface area (Å²) in [7, 11) is 0. The molecule has 0 heteroatoms. The summed E-state index contributed by atoms with van der Waals surface area (Å²) >= 11 is 0. The van der Waals surface area contributed by atoms with Crippen molar-refractivity contribution in [1.82, 2.24) is 0 Å². The van der Waals surface area contributed by atoms with Crippen LogP contribution in [0.25, 0.3) is 10.8 Å². The minimum Gasteiger partial charge on any atom is -0.0683 e. The fourth-order valence-corrected chi connectivity index (χ4v) is 1.13. The average Bonchev–Trinajstić information content (AvgIpc) is 2.37. The molecule has 0 radical (unpaired) electrons. The van der Waals surface area contributed by atoms with Gasteiger partial charge in [0.05, 0.1) is 0 Å². The lowest BCUT2D eigenvalue weighted by atomic mass is 10.0. The zero-order chi connectivity index (χ0) is 17.8. The van der Waals surface area contributed by atoms with E-state index < -0.39 is 0 Å². The fourth-order valence-electron chi connectivity index (χ4n) is 1.13. The first-order chi connectivity index (χ1) is 9.97. The van der Waals surface area contributed by atoms with Crippen LogP contribution in [0.3, 0.4) is 0 Å². The molecule has 2 aromatic carbocycles. The first-order valence-corrected chi connectivity index (χ1v) is 8.40. The zero-order valence-corrected chi connectivity index (χ0v) is 16.6. The van der Waals surface area contributed by atoms with Crippen molar-refractivity contribution < 1.29 is 0 Å². The highest BCUT2D eigenvalue weighted by Crippen LogP contribution is 2.11. The fraction of sp³-hybridized carbons (Fsp3) is 0.545. The lowest BCUT2D eigenvalue weighted by molar-refractivity contribution is 0.469. The highest BCUT2D eigenvalue weighted by molar-refractivity contribution is 5.81. The maximum atomic E-state index is 2.19. The highest BCUT2D eigenvalue weighted by atomic mass is 14.0. The van der Waals surface area contributed by atoms with Crippen LogP contribution in [-0.2, 0) is 0 Å². The molecular weight excluding hydrogens is 264 g/mol. The van der Waals surface area contributed by atoms with Gasteiger partial charge >= 0.3 is 0 Å². The van der Waals surface area contributed by atoms with Crippen molar-refractivity contribution >= 4 is 10.8 Å². The molecule has 2 aromatic rings. The zero-order valence-electron chi connectivity index (χ0n) is 16.6. The Hall–Kier alpha value is -1.30. The molecule has 0 fully saturated rings. The first kappa shape index (κ1) is 23.0. The maximum Gasteiger partial charge on any atom is -0.0184 e. The van der Waals surface area contributed by atoms with Crippen LogP contribution in [0.4, 0.5) is 0 Å². The number of hydrogen-bond donors (Lipinski definition) is 0. The second-order valence-corrected chi connectivity index (χ2v) is 8.35. The van der Waals surface area contributed by atoms with E-state index in [4.69, 9.17) is 0 Å². The van der Waals surface area contributed by atoms with Gasteiger partial charge in [-0.2, -0.15) is 0 Å². The van der Waals surface area contributed by atoms with E-state index in [1.807, 2.05) is 13.8 Å². The second-order valence-electron chi connectivity index (χ2n) is 8.35. The quantitative estimate of drug-likeness (QED) is 0.463. The van der Waals surface area contributed by atoms with Crippen molar-refractivity contribution in [2.24, 2.45) is 10.8 Å². The topological polar surface area (TPSA) is 0 Å². The summed E-state index contributed by atoms with van der Waals surface area (Å²) in [6.45, 7) is 21.5. The Morgan fingerprint density at radius 1 is 0.455 bits per heavy atom. The molecule has 0 saturated carbocycles. The van der Waals surface area contributed by atoms with Gasteiger partial charge in [-0.25, -0.2) is 0 Å². The Bertz CT molecular complexity index is 392. The Balaban J connectivity index is 0. The Morgan fingerprint density at radius 2 is 0.591 bits per heavy atom. The van der Waals surface area contributed by atoms with Crippen LogP contribution >= 0.6 is 0 Å². The number of benzene rings is 2. The van der Waals surface area contributed by atoms with Gasteiger partial charge < -0.3 is 0 Å². The number of rotatable bonds is 0. The molecule has 0 saturated heterocycles. The van der Waals surface area contributed by atoms with Crippen LogP contribution in [0, 0.1) is 10.8 Å². The van der Waals surface area contributed by atoms with E-state index in [0.717, 1.165) is 0 Å². The van der Waals surface area contributed by atoms with Crippen LogP contribution in [0.15, 0.2) is 48.5 Å². The van der Waals surface area contributed by atoms with Crippen LogP contribution in [0.2, 0.25) is 0 Å². The molecule has 0 aliphatic rings. The van der Waals surface area contributed by atoms with E-state index in [0.29, 0.717) is 10.8 Å². The SMILES string of the molecule is CC.CC(C)(C)C.CC(C)(C)C.c1ccc2ccccc2c1. The van der Waals surface area contributed by atoms with Crippen molar-refractivity contribution in [2.75, 3.05) is 0 Å². The van der Waals surface area contributed by atoms with Crippen molar-refractivity contribution in [1.29, 1.82) is 0 Å². The minimum atomic E-state index is 0.500. The Morgan fingerprint density at radius 3 is 0.727 bits per heavy atom. The van der Waals surface area contributed by atoms with E-state index >= 15 is 0 Å². The Labute approximate surface area is 140 Å². The van der Waals surface area contributed by atoms with Crippen molar-refractivity contribution in [3.05, 3.63) is 48.5 Å². The van der Waals surface area contributed by atoms with Crippen LogP contribution in [0.5, 0.6) is 0 Å². The molecule has 0 aromatic heterocycles. The molecule has 0 atom stereocenters. The van der Waals surface area contributed by atoms with Gasteiger partial charge in [-0.3, -0.25) is 0 Å². The predicted octanol–water partition coefficient (Wildman–Crippen LogP) is 7.97. The first-order valence-electron chi connectivity index (χ1n) is 8.40. The molecule has 0 spiro atoms. The van der Waals surface area contributed by atoms with Gasteiger partial charge in [0.25, 0.3) is 0 Å². The van der Waals surface area contributed by atoms with E-state index in [1.54, 1.807) is 0 Å². The lowest BCUT2D eigenvalue weighted by Crippen LogP contribution is -1.93. The summed E-state index contributed by atoms with van der Waals surface area (Å²) in [6, 6.07) is 16.7. The van der Waals surface area contributed by atoms with E-state index in [2.05, 4.69) is 104 Å². The molecule has 126 valence electrons. The van der Waals surface area contributed by atoms with Crippen molar-refractivity contribution in [3.63, 3.8) is 0 Å². The monoisotopic (exact) mass is 302 g/mol. The van der Waals surface area contributed by atoms with Gasteiger partial charge in [0, 0.05) is 0 Å². The molecule has 22 heavy (non-hydrogen) atoms. The maximum absolute atomic E-state index is 2.19. The third kappa shape index (κ3) is 21.0. The molecular formula is C22H38. The molecule has 0 unspecified atom stereocenters.